The Hall–Kier alpha value is -2.91. The van der Waals surface area contributed by atoms with E-state index in [1.165, 1.54) is 0 Å². The first-order chi connectivity index (χ1) is 15.9. The highest BCUT2D eigenvalue weighted by Gasteiger charge is 2.32. The van der Waals surface area contributed by atoms with Gasteiger partial charge in [0.05, 0.1) is 17.2 Å². The van der Waals surface area contributed by atoms with Crippen molar-refractivity contribution in [2.75, 3.05) is 42.1 Å². The zero-order chi connectivity index (χ0) is 23.0. The Balaban J connectivity index is 1.19. The molecule has 2 fully saturated rings. The van der Waals surface area contributed by atoms with Crippen LogP contribution in [0.2, 0.25) is 0 Å². The van der Waals surface area contributed by atoms with Gasteiger partial charge in [0, 0.05) is 43.0 Å². The van der Waals surface area contributed by atoms with Crippen molar-refractivity contribution in [3.63, 3.8) is 0 Å². The summed E-state index contributed by atoms with van der Waals surface area (Å²) in [5.74, 6) is 1.07. The molecule has 8 nitrogen and oxygen atoms in total. The first-order valence-corrected chi connectivity index (χ1v) is 13.3. The highest BCUT2D eigenvalue weighted by Crippen LogP contribution is 2.31. The molecule has 5 rings (SSSR count). The maximum atomic E-state index is 12.5. The summed E-state index contributed by atoms with van der Waals surface area (Å²) in [7, 11) is -3.26. The average Bonchev–Trinajstić information content (AvgIpc) is 3.29. The molecule has 0 spiro atoms. The number of aromatic nitrogens is 2. The smallest absolute Gasteiger partial charge is 0.258 e. The number of piperidine rings is 1. The lowest BCUT2D eigenvalue weighted by atomic mass is 10.0. The van der Waals surface area contributed by atoms with Crippen LogP contribution in [0.4, 0.5) is 11.4 Å². The first-order valence-electron chi connectivity index (χ1n) is 11.4. The molecule has 0 radical (unpaired) electrons. The van der Waals surface area contributed by atoms with Gasteiger partial charge in [-0.15, -0.1) is 0 Å². The first kappa shape index (κ1) is 21.9. The lowest BCUT2D eigenvalue weighted by Gasteiger charge is -2.38. The van der Waals surface area contributed by atoms with Crippen molar-refractivity contribution in [1.29, 1.82) is 0 Å². The molecule has 0 saturated carbocycles. The van der Waals surface area contributed by atoms with Crippen LogP contribution in [0.15, 0.2) is 53.3 Å². The standard InChI is InChI=1S/C24H29N5O3S/c1-33(31,32)27-18-6-8-19(9-7-18)28-14-11-20(12-15-28)29-13-10-17(16-29)23-25-22-5-3-2-4-21(22)24(30)26-23/h2-9,17,20,27H,10-16H2,1H3,(H,25,26,30). The van der Waals surface area contributed by atoms with Crippen LogP contribution in [0, 0.1) is 0 Å². The average molecular weight is 468 g/mol. The number of rotatable bonds is 5. The fourth-order valence-corrected chi connectivity index (χ4v) is 5.65. The van der Waals surface area contributed by atoms with E-state index >= 15 is 0 Å². The minimum atomic E-state index is -3.26. The largest absolute Gasteiger partial charge is 0.371 e. The van der Waals surface area contributed by atoms with E-state index in [4.69, 9.17) is 4.98 Å². The van der Waals surface area contributed by atoms with Gasteiger partial charge in [0.15, 0.2) is 0 Å². The van der Waals surface area contributed by atoms with Crippen LogP contribution in [0.5, 0.6) is 0 Å². The molecule has 2 aromatic carbocycles. The van der Waals surface area contributed by atoms with Crippen LogP contribution in [-0.4, -0.2) is 61.8 Å². The number of H-pyrrole nitrogens is 1. The molecule has 2 saturated heterocycles. The molecule has 3 heterocycles. The lowest BCUT2D eigenvalue weighted by molar-refractivity contribution is 0.205. The Labute approximate surface area is 193 Å². The normalized spacial score (nSPS) is 20.4. The van der Waals surface area contributed by atoms with Gasteiger partial charge in [-0.2, -0.15) is 0 Å². The second-order valence-corrected chi connectivity index (χ2v) is 10.8. The van der Waals surface area contributed by atoms with Crippen molar-refractivity contribution in [3.8, 4) is 0 Å². The fourth-order valence-electron chi connectivity index (χ4n) is 5.08. The fraction of sp³-hybridized carbons (Fsp3) is 0.417. The molecular weight excluding hydrogens is 438 g/mol. The number of hydrogen-bond acceptors (Lipinski definition) is 6. The van der Waals surface area contributed by atoms with Gasteiger partial charge in [-0.1, -0.05) is 12.1 Å². The predicted molar refractivity (Wildman–Crippen MR) is 131 cm³/mol. The molecular formula is C24H29N5O3S. The number of nitrogens with one attached hydrogen (secondary N) is 2. The number of likely N-dealkylation sites (tertiary alicyclic amines) is 1. The maximum Gasteiger partial charge on any atom is 0.258 e. The van der Waals surface area contributed by atoms with E-state index in [-0.39, 0.29) is 11.5 Å². The molecule has 1 aromatic heterocycles. The van der Waals surface area contributed by atoms with E-state index in [0.29, 0.717) is 17.1 Å². The third-order valence-electron chi connectivity index (χ3n) is 6.75. The summed E-state index contributed by atoms with van der Waals surface area (Å²) in [6.07, 6.45) is 4.33. The van der Waals surface area contributed by atoms with Gasteiger partial charge in [-0.05, 0) is 62.2 Å². The predicted octanol–water partition coefficient (Wildman–Crippen LogP) is 2.75. The minimum Gasteiger partial charge on any atom is -0.371 e. The number of fused-ring (bicyclic) bond motifs is 1. The number of nitrogens with zero attached hydrogens (tertiary/aromatic N) is 3. The van der Waals surface area contributed by atoms with Crippen LogP contribution >= 0.6 is 0 Å². The number of para-hydroxylation sites is 1. The SMILES string of the molecule is CS(=O)(=O)Nc1ccc(N2CCC(N3CCC(c4nc5ccccc5c(=O)[nH]4)C3)CC2)cc1. The second kappa shape index (κ2) is 8.79. The van der Waals surface area contributed by atoms with Crippen molar-refractivity contribution in [3.05, 3.63) is 64.7 Å². The summed E-state index contributed by atoms with van der Waals surface area (Å²) < 4.78 is 25.3. The van der Waals surface area contributed by atoms with E-state index < -0.39 is 10.0 Å². The molecule has 174 valence electrons. The molecule has 9 heteroatoms. The van der Waals surface area contributed by atoms with Crippen LogP contribution in [-0.2, 0) is 10.0 Å². The van der Waals surface area contributed by atoms with E-state index in [2.05, 4.69) is 19.5 Å². The van der Waals surface area contributed by atoms with Gasteiger partial charge in [0.1, 0.15) is 5.82 Å². The van der Waals surface area contributed by atoms with Crippen LogP contribution < -0.4 is 15.2 Å². The second-order valence-electron chi connectivity index (χ2n) is 9.09. The molecule has 3 aromatic rings. The number of sulfonamides is 1. The van der Waals surface area contributed by atoms with Crippen molar-refractivity contribution in [2.24, 2.45) is 0 Å². The van der Waals surface area contributed by atoms with Gasteiger partial charge in [-0.25, -0.2) is 13.4 Å². The van der Waals surface area contributed by atoms with Gasteiger partial charge in [-0.3, -0.25) is 14.4 Å². The Morgan fingerprint density at radius 3 is 2.45 bits per heavy atom. The van der Waals surface area contributed by atoms with Gasteiger partial charge in [0.2, 0.25) is 10.0 Å². The summed E-state index contributed by atoms with van der Waals surface area (Å²) >= 11 is 0. The van der Waals surface area contributed by atoms with Gasteiger partial charge >= 0.3 is 0 Å². The van der Waals surface area contributed by atoms with E-state index in [1.54, 1.807) is 0 Å². The lowest BCUT2D eigenvalue weighted by Crippen LogP contribution is -2.44. The van der Waals surface area contributed by atoms with Gasteiger partial charge in [0.25, 0.3) is 5.56 Å². The molecule has 0 aliphatic carbocycles. The summed E-state index contributed by atoms with van der Waals surface area (Å²) in [6, 6.07) is 15.6. The van der Waals surface area contributed by atoms with Crippen LogP contribution in [0.3, 0.4) is 0 Å². The van der Waals surface area contributed by atoms with Crippen molar-refractivity contribution in [2.45, 2.75) is 31.2 Å². The van der Waals surface area contributed by atoms with Gasteiger partial charge < -0.3 is 9.88 Å². The number of anilines is 2. The zero-order valence-electron chi connectivity index (χ0n) is 18.7. The van der Waals surface area contributed by atoms with E-state index in [1.807, 2.05) is 48.5 Å². The summed E-state index contributed by atoms with van der Waals surface area (Å²) in [5, 5.41) is 0.642. The minimum absolute atomic E-state index is 0.0555. The number of aromatic amines is 1. The number of benzene rings is 2. The Kier molecular flexibility index (Phi) is 5.84. The molecule has 2 aliphatic rings. The quantitative estimate of drug-likeness (QED) is 0.599. The molecule has 0 amide bonds. The number of hydrogen-bond donors (Lipinski definition) is 2. The highest BCUT2D eigenvalue weighted by atomic mass is 32.2. The Bertz CT molecular complexity index is 1300. The van der Waals surface area contributed by atoms with E-state index in [9.17, 15) is 13.2 Å². The van der Waals surface area contributed by atoms with Crippen LogP contribution in [0.1, 0.15) is 31.0 Å². The zero-order valence-corrected chi connectivity index (χ0v) is 19.5. The molecule has 2 N–H and O–H groups in total. The Morgan fingerprint density at radius 2 is 1.73 bits per heavy atom. The summed E-state index contributed by atoms with van der Waals surface area (Å²) in [6.45, 7) is 3.89. The van der Waals surface area contributed by atoms with E-state index in [0.717, 1.165) is 68.7 Å². The molecule has 2 aliphatic heterocycles. The monoisotopic (exact) mass is 467 g/mol. The summed E-state index contributed by atoms with van der Waals surface area (Å²) in [5.41, 5.74) is 2.41. The van der Waals surface area contributed by atoms with Crippen LogP contribution in [0.25, 0.3) is 10.9 Å². The molecule has 1 atom stereocenters. The molecule has 33 heavy (non-hydrogen) atoms. The Morgan fingerprint density at radius 1 is 1.00 bits per heavy atom. The topological polar surface area (TPSA) is 98.4 Å². The molecule has 0 bridgehead atoms. The third kappa shape index (κ3) is 4.89. The van der Waals surface area contributed by atoms with Crippen molar-refractivity contribution < 1.29 is 8.42 Å². The molecule has 1 unspecified atom stereocenters. The van der Waals surface area contributed by atoms with Crippen molar-refractivity contribution in [1.82, 2.24) is 14.9 Å². The maximum absolute atomic E-state index is 12.5. The van der Waals surface area contributed by atoms with Crippen molar-refractivity contribution >= 4 is 32.3 Å². The highest BCUT2D eigenvalue weighted by molar-refractivity contribution is 7.92. The summed E-state index contributed by atoms with van der Waals surface area (Å²) in [4.78, 5) is 25.1. The third-order valence-corrected chi connectivity index (χ3v) is 7.36.